The van der Waals surface area contributed by atoms with E-state index in [1.807, 2.05) is 12.1 Å². The highest BCUT2D eigenvalue weighted by molar-refractivity contribution is 7.92. The van der Waals surface area contributed by atoms with Crippen molar-refractivity contribution < 1.29 is 23.2 Å². The molecule has 10 nitrogen and oxygen atoms in total. The van der Waals surface area contributed by atoms with E-state index >= 15 is 0 Å². The average Bonchev–Trinajstić information content (AvgIpc) is 2.91. The van der Waals surface area contributed by atoms with Crippen LogP contribution in [0.5, 0.6) is 0 Å². The maximum Gasteiger partial charge on any atom is 0.264 e. The summed E-state index contributed by atoms with van der Waals surface area (Å²) in [4.78, 5) is 31.7. The monoisotopic (exact) mass is 538 g/mol. The van der Waals surface area contributed by atoms with Gasteiger partial charge in [-0.3, -0.25) is 24.3 Å². The van der Waals surface area contributed by atoms with Crippen LogP contribution in [-0.2, 0) is 32.5 Å². The predicted molar refractivity (Wildman–Crippen MR) is 142 cm³/mol. The van der Waals surface area contributed by atoms with E-state index in [0.29, 0.717) is 16.5 Å². The fourth-order valence-electron chi connectivity index (χ4n) is 4.17. The van der Waals surface area contributed by atoms with Gasteiger partial charge >= 0.3 is 0 Å². The average molecular weight is 539 g/mol. The van der Waals surface area contributed by atoms with E-state index in [9.17, 15) is 18.0 Å². The molecule has 1 aliphatic rings. The number of rotatable bonds is 7. The van der Waals surface area contributed by atoms with E-state index in [2.05, 4.69) is 33.9 Å². The molecule has 0 bridgehead atoms. The molecule has 1 amide bonds. The number of aryl methyl sites for hydroxylation is 1. The van der Waals surface area contributed by atoms with Crippen molar-refractivity contribution in [2.75, 3.05) is 32.6 Å². The van der Waals surface area contributed by atoms with E-state index < -0.39 is 20.5 Å². The molecule has 0 radical (unpaired) electrons. The molecule has 2 heterocycles. The molecule has 0 spiro atoms. The van der Waals surface area contributed by atoms with Crippen molar-refractivity contribution in [2.45, 2.75) is 31.2 Å². The number of nitrogens with one attached hydrogen (secondary N) is 1. The van der Waals surface area contributed by atoms with Crippen LogP contribution in [0.1, 0.15) is 30.0 Å². The van der Waals surface area contributed by atoms with Gasteiger partial charge in [-0.25, -0.2) is 18.9 Å². The SMILES string of the molecule is CC(CCn1cnc2cc(C#Cc3ccc(CN4CCOCC4)cc3)ccc2c1=O)(C(=O)NO)S(C)(=O)=O. The third-order valence-electron chi connectivity index (χ3n) is 6.87. The molecule has 1 atom stereocenters. The minimum absolute atomic E-state index is 0.0815. The van der Waals surface area contributed by atoms with E-state index in [1.165, 1.54) is 28.9 Å². The van der Waals surface area contributed by atoms with Gasteiger partial charge < -0.3 is 4.74 Å². The Morgan fingerprint density at radius 2 is 1.79 bits per heavy atom. The highest BCUT2D eigenvalue weighted by Crippen LogP contribution is 2.22. The van der Waals surface area contributed by atoms with Crippen molar-refractivity contribution in [1.82, 2.24) is 19.9 Å². The molecular formula is C27H30N4O6S. The Bertz CT molecular complexity index is 1550. The molecule has 2 N–H and O–H groups in total. The molecule has 38 heavy (non-hydrogen) atoms. The molecule has 1 fully saturated rings. The minimum atomic E-state index is -3.88. The molecule has 1 aliphatic heterocycles. The number of carbonyl (C=O) groups is 1. The molecule has 3 aromatic rings. The number of aromatic nitrogens is 2. The van der Waals surface area contributed by atoms with Crippen LogP contribution >= 0.6 is 0 Å². The van der Waals surface area contributed by atoms with Crippen LogP contribution < -0.4 is 11.0 Å². The number of nitrogens with zero attached hydrogens (tertiary/aromatic N) is 3. The van der Waals surface area contributed by atoms with Gasteiger partial charge in [-0.15, -0.1) is 0 Å². The van der Waals surface area contributed by atoms with Crippen LogP contribution in [-0.4, -0.2) is 71.3 Å². The largest absolute Gasteiger partial charge is 0.379 e. The second kappa shape index (κ2) is 11.4. The first-order valence-corrected chi connectivity index (χ1v) is 14.0. The topological polar surface area (TPSA) is 131 Å². The van der Waals surface area contributed by atoms with Gasteiger partial charge in [0.2, 0.25) is 0 Å². The van der Waals surface area contributed by atoms with Gasteiger partial charge in [-0.2, -0.15) is 0 Å². The normalized spacial score (nSPS) is 15.9. The fourth-order valence-corrected chi connectivity index (χ4v) is 5.01. The molecule has 1 saturated heterocycles. The third kappa shape index (κ3) is 6.11. The van der Waals surface area contributed by atoms with Crippen molar-refractivity contribution >= 4 is 26.6 Å². The van der Waals surface area contributed by atoms with Crippen LogP contribution in [0.4, 0.5) is 0 Å². The predicted octanol–water partition coefficient (Wildman–Crippen LogP) is 1.33. The number of hydroxylamine groups is 1. The van der Waals surface area contributed by atoms with E-state index in [1.54, 1.807) is 18.2 Å². The number of morpholine rings is 1. The molecule has 4 rings (SSSR count). The number of hydrogen-bond donors (Lipinski definition) is 2. The fraction of sp³-hybridized carbons (Fsp3) is 0.370. The molecule has 11 heteroatoms. The number of benzene rings is 2. The summed E-state index contributed by atoms with van der Waals surface area (Å²) in [7, 11) is -3.88. The highest BCUT2D eigenvalue weighted by atomic mass is 32.2. The number of hydrogen-bond acceptors (Lipinski definition) is 8. The van der Waals surface area contributed by atoms with E-state index in [4.69, 9.17) is 9.94 Å². The first kappa shape index (κ1) is 27.5. The second-order valence-corrected chi connectivity index (χ2v) is 11.9. The minimum Gasteiger partial charge on any atom is -0.379 e. The Balaban J connectivity index is 1.48. The van der Waals surface area contributed by atoms with Gasteiger partial charge in [0.15, 0.2) is 14.6 Å². The summed E-state index contributed by atoms with van der Waals surface area (Å²) in [5.41, 5.74) is 4.28. The Kier molecular flexibility index (Phi) is 8.28. The zero-order valence-corrected chi connectivity index (χ0v) is 22.1. The van der Waals surface area contributed by atoms with Crippen LogP contribution in [0.25, 0.3) is 10.9 Å². The molecule has 200 valence electrons. The highest BCUT2D eigenvalue weighted by Gasteiger charge is 2.43. The lowest BCUT2D eigenvalue weighted by Crippen LogP contribution is -2.50. The summed E-state index contributed by atoms with van der Waals surface area (Å²) in [5.74, 6) is 5.19. The number of ether oxygens (including phenoxy) is 1. The summed E-state index contributed by atoms with van der Waals surface area (Å²) in [6.07, 6.45) is 2.00. The Morgan fingerprint density at radius 3 is 2.45 bits per heavy atom. The maximum absolute atomic E-state index is 13.0. The van der Waals surface area contributed by atoms with Crippen molar-refractivity contribution in [1.29, 1.82) is 0 Å². The van der Waals surface area contributed by atoms with Crippen molar-refractivity contribution in [3.05, 3.63) is 75.8 Å². The number of sulfone groups is 1. The summed E-state index contributed by atoms with van der Waals surface area (Å²) in [6, 6.07) is 13.2. The van der Waals surface area contributed by atoms with Gasteiger partial charge in [0.25, 0.3) is 11.5 Å². The number of fused-ring (bicyclic) bond motifs is 1. The zero-order chi connectivity index (χ0) is 27.3. The van der Waals surface area contributed by atoms with Gasteiger partial charge in [0, 0.05) is 43.6 Å². The van der Waals surface area contributed by atoms with Crippen LogP contribution in [0.2, 0.25) is 0 Å². The molecule has 1 unspecified atom stereocenters. The van der Waals surface area contributed by atoms with E-state index in [-0.39, 0.29) is 18.5 Å². The second-order valence-electron chi connectivity index (χ2n) is 9.50. The summed E-state index contributed by atoms with van der Waals surface area (Å²) in [5, 5.41) is 9.33. The van der Waals surface area contributed by atoms with Gasteiger partial charge in [-0.1, -0.05) is 24.0 Å². The molecule has 2 aromatic carbocycles. The van der Waals surface area contributed by atoms with Gasteiger partial charge in [0.05, 0.1) is 30.4 Å². The van der Waals surface area contributed by atoms with Gasteiger partial charge in [-0.05, 0) is 49.2 Å². The lowest BCUT2D eigenvalue weighted by atomic mass is 10.1. The van der Waals surface area contributed by atoms with Crippen molar-refractivity contribution in [2.24, 2.45) is 0 Å². The molecule has 0 saturated carbocycles. The number of carbonyl (C=O) groups excluding carboxylic acids is 1. The van der Waals surface area contributed by atoms with Crippen LogP contribution in [0.15, 0.2) is 53.6 Å². The standard InChI is InChI=1S/C27H30N4O6S/c1-27(26(33)29-34,38(2,35)36)11-12-31-19-28-24-17-21(9-10-23(24)25(31)32)6-3-20-4-7-22(8-5-20)18-30-13-15-37-16-14-30/h4-5,7-10,17,19,34H,11-16,18H2,1-2H3,(H,29,33). The first-order chi connectivity index (χ1) is 18.1. The zero-order valence-electron chi connectivity index (χ0n) is 21.3. The molecule has 0 aliphatic carbocycles. The maximum atomic E-state index is 13.0. The Labute approximate surface area is 221 Å². The summed E-state index contributed by atoms with van der Waals surface area (Å²) >= 11 is 0. The van der Waals surface area contributed by atoms with Crippen LogP contribution in [0, 0.1) is 11.8 Å². The Hall–Kier alpha value is -3.56. The summed E-state index contributed by atoms with van der Waals surface area (Å²) in [6.45, 7) is 5.41. The molecule has 1 aromatic heterocycles. The van der Waals surface area contributed by atoms with Crippen molar-refractivity contribution in [3.8, 4) is 11.8 Å². The number of amides is 1. The quantitative estimate of drug-likeness (QED) is 0.262. The summed E-state index contributed by atoms with van der Waals surface area (Å²) < 4.78 is 29.1. The van der Waals surface area contributed by atoms with Gasteiger partial charge in [0.1, 0.15) is 0 Å². The smallest absolute Gasteiger partial charge is 0.264 e. The van der Waals surface area contributed by atoms with Crippen LogP contribution in [0.3, 0.4) is 0 Å². The third-order valence-corrected chi connectivity index (χ3v) is 8.90. The Morgan fingerprint density at radius 1 is 1.13 bits per heavy atom. The van der Waals surface area contributed by atoms with Crippen molar-refractivity contribution in [3.63, 3.8) is 0 Å². The first-order valence-electron chi connectivity index (χ1n) is 12.1. The molecular weight excluding hydrogens is 508 g/mol. The lowest BCUT2D eigenvalue weighted by Gasteiger charge is -2.26. The van der Waals surface area contributed by atoms with E-state index in [0.717, 1.165) is 44.7 Å². The lowest BCUT2D eigenvalue weighted by molar-refractivity contribution is -0.131.